The summed E-state index contributed by atoms with van der Waals surface area (Å²) in [6.45, 7) is 4.55. The van der Waals surface area contributed by atoms with Crippen molar-refractivity contribution in [3.05, 3.63) is 33.7 Å². The van der Waals surface area contributed by atoms with Crippen LogP contribution in [0.15, 0.2) is 16.9 Å². The van der Waals surface area contributed by atoms with Crippen LogP contribution >= 0.6 is 0 Å². The zero-order valence-electron chi connectivity index (χ0n) is 11.3. The normalized spacial score (nSPS) is 19.2. The molecule has 1 fully saturated rings. The van der Waals surface area contributed by atoms with Crippen molar-refractivity contribution in [1.29, 1.82) is 0 Å². The van der Waals surface area contributed by atoms with Crippen molar-refractivity contribution in [2.75, 3.05) is 13.2 Å². The zero-order valence-corrected chi connectivity index (χ0v) is 11.3. The molecule has 2 heterocycles. The Hall–Kier alpha value is -1.62. The average molecular weight is 264 g/mol. The first-order chi connectivity index (χ1) is 9.02. The van der Waals surface area contributed by atoms with Crippen molar-refractivity contribution in [2.24, 2.45) is 0 Å². The van der Waals surface area contributed by atoms with E-state index in [-0.39, 0.29) is 30.0 Å². The molecule has 104 valence electrons. The second-order valence-corrected chi connectivity index (χ2v) is 5.32. The third-order valence-electron chi connectivity index (χ3n) is 3.58. The molecular weight excluding hydrogens is 244 g/mol. The molecule has 0 aromatic carbocycles. The molecule has 1 saturated heterocycles. The molecule has 0 radical (unpaired) electrons. The standard InChI is InChI=1S/C14H20N2O3/c1-9(2)12-6-10(7-13(18)15-12)14(19)16-5-3-4-11(16)8-17/h6-7,9,11,17H,3-5,8H2,1-2H3,(H,15,18)/t11-/m1/s1. The fraction of sp³-hybridized carbons (Fsp3) is 0.571. The van der Waals surface area contributed by atoms with Gasteiger partial charge < -0.3 is 15.0 Å². The Balaban J connectivity index is 2.31. The van der Waals surface area contributed by atoms with Gasteiger partial charge in [0.15, 0.2) is 0 Å². The first-order valence-electron chi connectivity index (χ1n) is 6.69. The number of hydrogen-bond acceptors (Lipinski definition) is 3. The van der Waals surface area contributed by atoms with Crippen molar-refractivity contribution in [3.63, 3.8) is 0 Å². The van der Waals surface area contributed by atoms with E-state index in [9.17, 15) is 14.7 Å². The van der Waals surface area contributed by atoms with Crippen molar-refractivity contribution < 1.29 is 9.90 Å². The summed E-state index contributed by atoms with van der Waals surface area (Å²) in [4.78, 5) is 28.4. The minimum absolute atomic E-state index is 0.0219. The maximum Gasteiger partial charge on any atom is 0.254 e. The lowest BCUT2D eigenvalue weighted by Crippen LogP contribution is -2.38. The number of carbonyl (C=O) groups is 1. The van der Waals surface area contributed by atoms with E-state index < -0.39 is 0 Å². The number of aliphatic hydroxyl groups is 1. The SMILES string of the molecule is CC(C)c1cc(C(=O)N2CCC[C@@H]2CO)cc(=O)[nH]1. The highest BCUT2D eigenvalue weighted by atomic mass is 16.3. The number of nitrogens with one attached hydrogen (secondary N) is 1. The van der Waals surface area contributed by atoms with Gasteiger partial charge in [0.05, 0.1) is 12.6 Å². The summed E-state index contributed by atoms with van der Waals surface area (Å²) in [7, 11) is 0. The Labute approximate surface area is 112 Å². The predicted molar refractivity (Wildman–Crippen MR) is 72.3 cm³/mol. The molecule has 1 amide bonds. The molecule has 2 rings (SSSR count). The van der Waals surface area contributed by atoms with Crippen LogP contribution in [0.2, 0.25) is 0 Å². The molecule has 0 spiro atoms. The Morgan fingerprint density at radius 1 is 1.53 bits per heavy atom. The van der Waals surface area contributed by atoms with Crippen LogP contribution in [0.25, 0.3) is 0 Å². The summed E-state index contributed by atoms with van der Waals surface area (Å²) >= 11 is 0. The Morgan fingerprint density at radius 2 is 2.26 bits per heavy atom. The van der Waals surface area contributed by atoms with Gasteiger partial charge in [-0.05, 0) is 24.8 Å². The Bertz CT molecular complexity index is 522. The van der Waals surface area contributed by atoms with E-state index >= 15 is 0 Å². The lowest BCUT2D eigenvalue weighted by atomic mass is 10.1. The van der Waals surface area contributed by atoms with Crippen LogP contribution in [-0.2, 0) is 0 Å². The second-order valence-electron chi connectivity index (χ2n) is 5.32. The van der Waals surface area contributed by atoms with Gasteiger partial charge in [0, 0.05) is 23.9 Å². The van der Waals surface area contributed by atoms with Crippen molar-refractivity contribution >= 4 is 5.91 Å². The molecule has 0 unspecified atom stereocenters. The maximum absolute atomic E-state index is 12.4. The Kier molecular flexibility index (Phi) is 4.04. The Morgan fingerprint density at radius 3 is 2.89 bits per heavy atom. The molecule has 0 aliphatic carbocycles. The van der Waals surface area contributed by atoms with Gasteiger partial charge in [0.2, 0.25) is 5.56 Å². The summed E-state index contributed by atoms with van der Waals surface area (Å²) in [5.74, 6) is -0.00258. The molecule has 0 bridgehead atoms. The number of H-pyrrole nitrogens is 1. The monoisotopic (exact) mass is 264 g/mol. The van der Waals surface area contributed by atoms with Crippen molar-refractivity contribution in [2.45, 2.75) is 38.6 Å². The van der Waals surface area contributed by atoms with Gasteiger partial charge in [-0.15, -0.1) is 0 Å². The predicted octanol–water partition coefficient (Wildman–Crippen LogP) is 1.10. The number of aromatic amines is 1. The largest absolute Gasteiger partial charge is 0.394 e. The third kappa shape index (κ3) is 2.87. The topological polar surface area (TPSA) is 73.4 Å². The van der Waals surface area contributed by atoms with E-state index in [1.807, 2.05) is 13.8 Å². The minimum atomic E-state index is -0.255. The molecule has 5 heteroatoms. The fourth-order valence-electron chi connectivity index (χ4n) is 2.46. The second kappa shape index (κ2) is 5.57. The number of amides is 1. The van der Waals surface area contributed by atoms with Crippen molar-refractivity contribution in [1.82, 2.24) is 9.88 Å². The zero-order chi connectivity index (χ0) is 14.0. The summed E-state index contributed by atoms with van der Waals surface area (Å²) < 4.78 is 0. The van der Waals surface area contributed by atoms with E-state index in [2.05, 4.69) is 4.98 Å². The molecule has 19 heavy (non-hydrogen) atoms. The summed E-state index contributed by atoms with van der Waals surface area (Å²) in [5.41, 5.74) is 0.915. The first kappa shape index (κ1) is 13.8. The first-order valence-corrected chi connectivity index (χ1v) is 6.69. The quantitative estimate of drug-likeness (QED) is 0.858. The molecule has 0 saturated carbocycles. The van der Waals surface area contributed by atoms with Gasteiger partial charge in [0.1, 0.15) is 0 Å². The lowest BCUT2D eigenvalue weighted by Gasteiger charge is -2.23. The number of pyridine rings is 1. The summed E-state index contributed by atoms with van der Waals surface area (Å²) in [5, 5.41) is 9.27. The number of aliphatic hydroxyl groups excluding tert-OH is 1. The minimum Gasteiger partial charge on any atom is -0.394 e. The number of rotatable bonds is 3. The van der Waals surface area contributed by atoms with Crippen LogP contribution in [0, 0.1) is 0 Å². The number of hydrogen-bond donors (Lipinski definition) is 2. The highest BCUT2D eigenvalue weighted by molar-refractivity contribution is 5.94. The van der Waals surface area contributed by atoms with Crippen LogP contribution in [-0.4, -0.2) is 40.1 Å². The van der Waals surface area contributed by atoms with Gasteiger partial charge in [-0.2, -0.15) is 0 Å². The summed E-state index contributed by atoms with van der Waals surface area (Å²) in [6.07, 6.45) is 1.72. The van der Waals surface area contributed by atoms with Gasteiger partial charge in [-0.3, -0.25) is 9.59 Å². The molecule has 1 atom stereocenters. The number of aromatic nitrogens is 1. The van der Waals surface area contributed by atoms with E-state index in [0.29, 0.717) is 12.1 Å². The van der Waals surface area contributed by atoms with E-state index in [4.69, 9.17) is 0 Å². The van der Waals surface area contributed by atoms with Gasteiger partial charge in [-0.25, -0.2) is 0 Å². The van der Waals surface area contributed by atoms with Gasteiger partial charge >= 0.3 is 0 Å². The van der Waals surface area contributed by atoms with E-state index in [1.165, 1.54) is 6.07 Å². The van der Waals surface area contributed by atoms with Crippen molar-refractivity contribution in [3.8, 4) is 0 Å². The highest BCUT2D eigenvalue weighted by Gasteiger charge is 2.29. The van der Waals surface area contributed by atoms with Gasteiger partial charge in [0.25, 0.3) is 5.91 Å². The average Bonchev–Trinajstić information content (AvgIpc) is 2.85. The van der Waals surface area contributed by atoms with Crippen LogP contribution in [0.1, 0.15) is 48.7 Å². The van der Waals surface area contributed by atoms with Crippen LogP contribution in [0.4, 0.5) is 0 Å². The lowest BCUT2D eigenvalue weighted by molar-refractivity contribution is 0.0677. The molecule has 1 aliphatic heterocycles. The van der Waals surface area contributed by atoms with E-state index in [0.717, 1.165) is 18.5 Å². The highest BCUT2D eigenvalue weighted by Crippen LogP contribution is 2.20. The molecule has 5 nitrogen and oxygen atoms in total. The maximum atomic E-state index is 12.4. The van der Waals surface area contributed by atoms with Crippen LogP contribution < -0.4 is 5.56 Å². The molecular formula is C14H20N2O3. The molecule has 1 aromatic heterocycles. The van der Waals surface area contributed by atoms with E-state index in [1.54, 1.807) is 11.0 Å². The molecule has 1 aliphatic rings. The van der Waals surface area contributed by atoms with Gasteiger partial charge in [-0.1, -0.05) is 13.8 Å². The smallest absolute Gasteiger partial charge is 0.254 e. The van der Waals surface area contributed by atoms with Crippen LogP contribution in [0.3, 0.4) is 0 Å². The number of nitrogens with zero attached hydrogens (tertiary/aromatic N) is 1. The number of carbonyl (C=O) groups excluding carboxylic acids is 1. The third-order valence-corrected chi connectivity index (χ3v) is 3.58. The van der Waals surface area contributed by atoms with Crippen LogP contribution in [0.5, 0.6) is 0 Å². The molecule has 1 aromatic rings. The molecule has 2 N–H and O–H groups in total. The number of likely N-dealkylation sites (tertiary alicyclic amines) is 1. The summed E-state index contributed by atoms with van der Waals surface area (Å²) in [6, 6.07) is 2.96. The fourth-order valence-corrected chi connectivity index (χ4v) is 2.46.